The van der Waals surface area contributed by atoms with Crippen LogP contribution in [0.1, 0.15) is 25.7 Å². The fourth-order valence-electron chi connectivity index (χ4n) is 0.836. The first-order valence-electron chi connectivity index (χ1n) is 4.31. The summed E-state index contributed by atoms with van der Waals surface area (Å²) in [5.41, 5.74) is 0. The smallest absolute Gasteiger partial charge is 0.389 e. The maximum absolute atomic E-state index is 11.6. The highest BCUT2D eigenvalue weighted by Crippen LogP contribution is 2.22. The summed E-state index contributed by atoms with van der Waals surface area (Å²) in [6.07, 6.45) is -2.90. The van der Waals surface area contributed by atoms with Crippen molar-refractivity contribution in [2.45, 2.75) is 31.9 Å². The molecule has 0 rings (SSSR count). The Labute approximate surface area is 80.7 Å². The molecular weight excluding hydrogens is 197 g/mol. The van der Waals surface area contributed by atoms with Crippen molar-refractivity contribution in [2.75, 3.05) is 6.61 Å². The number of unbranched alkanes of at least 4 members (excludes halogenated alkanes) is 2. The van der Waals surface area contributed by atoms with Gasteiger partial charge in [-0.25, -0.2) is 4.79 Å². The van der Waals surface area contributed by atoms with Crippen molar-refractivity contribution in [1.29, 1.82) is 0 Å². The van der Waals surface area contributed by atoms with Gasteiger partial charge in [-0.1, -0.05) is 6.58 Å². The Kier molecular flexibility index (Phi) is 5.99. The normalized spacial score (nSPS) is 11.1. The van der Waals surface area contributed by atoms with Crippen LogP contribution in [-0.2, 0) is 9.53 Å². The van der Waals surface area contributed by atoms with Gasteiger partial charge in [-0.3, -0.25) is 0 Å². The molecule has 0 saturated heterocycles. The Morgan fingerprint density at radius 3 is 2.43 bits per heavy atom. The lowest BCUT2D eigenvalue weighted by Crippen LogP contribution is -2.07. The summed E-state index contributed by atoms with van der Waals surface area (Å²) in [4.78, 5) is 10.5. The Morgan fingerprint density at radius 2 is 1.93 bits per heavy atom. The third kappa shape index (κ3) is 9.09. The lowest BCUT2D eigenvalue weighted by atomic mass is 10.2. The molecule has 0 bridgehead atoms. The molecule has 0 aromatic carbocycles. The molecule has 0 aromatic heterocycles. The van der Waals surface area contributed by atoms with E-state index in [9.17, 15) is 18.0 Å². The first-order valence-corrected chi connectivity index (χ1v) is 4.31. The number of carbonyl (C=O) groups excluding carboxylic acids is 1. The zero-order chi connectivity index (χ0) is 11.0. The Hall–Kier alpha value is -1.00. The SMILES string of the molecule is C=CC(=O)OCCCCCC(F)(F)F. The Balaban J connectivity index is 3.22. The number of alkyl halides is 3. The fourth-order valence-corrected chi connectivity index (χ4v) is 0.836. The molecule has 0 unspecified atom stereocenters. The average Bonchev–Trinajstić information content (AvgIpc) is 2.08. The molecule has 0 atom stereocenters. The second-order valence-electron chi connectivity index (χ2n) is 2.80. The summed E-state index contributed by atoms with van der Waals surface area (Å²) in [7, 11) is 0. The predicted octanol–water partition coefficient (Wildman–Crippen LogP) is 2.84. The van der Waals surface area contributed by atoms with E-state index in [2.05, 4.69) is 11.3 Å². The molecule has 82 valence electrons. The van der Waals surface area contributed by atoms with E-state index in [1.54, 1.807) is 0 Å². The van der Waals surface area contributed by atoms with Gasteiger partial charge in [0.2, 0.25) is 0 Å². The Bertz CT molecular complexity index is 187. The molecule has 0 N–H and O–H groups in total. The fraction of sp³-hybridized carbons (Fsp3) is 0.667. The first kappa shape index (κ1) is 13.0. The molecular formula is C9H13F3O2. The maximum atomic E-state index is 11.6. The third-order valence-corrected chi connectivity index (χ3v) is 1.52. The lowest BCUT2D eigenvalue weighted by molar-refractivity contribution is -0.139. The van der Waals surface area contributed by atoms with E-state index in [1.165, 1.54) is 0 Å². The van der Waals surface area contributed by atoms with Crippen LogP contribution in [0.4, 0.5) is 13.2 Å². The molecule has 14 heavy (non-hydrogen) atoms. The second kappa shape index (κ2) is 6.45. The van der Waals surface area contributed by atoms with Crippen molar-refractivity contribution in [1.82, 2.24) is 0 Å². The number of hydrogen-bond acceptors (Lipinski definition) is 2. The zero-order valence-corrected chi connectivity index (χ0v) is 7.77. The first-order chi connectivity index (χ1) is 6.45. The van der Waals surface area contributed by atoms with Crippen LogP contribution in [0.5, 0.6) is 0 Å². The van der Waals surface area contributed by atoms with Crippen LogP contribution in [0, 0.1) is 0 Å². The summed E-state index contributed by atoms with van der Waals surface area (Å²) in [6.45, 7) is 3.34. The highest BCUT2D eigenvalue weighted by Gasteiger charge is 2.25. The van der Waals surface area contributed by atoms with Gasteiger partial charge in [0.25, 0.3) is 0 Å². The number of ether oxygens (including phenoxy) is 1. The maximum Gasteiger partial charge on any atom is 0.389 e. The topological polar surface area (TPSA) is 26.3 Å². The number of esters is 1. The van der Waals surface area contributed by atoms with E-state index in [0.29, 0.717) is 12.8 Å². The van der Waals surface area contributed by atoms with Crippen LogP contribution in [0.3, 0.4) is 0 Å². The molecule has 0 amide bonds. The van der Waals surface area contributed by atoms with Gasteiger partial charge in [0, 0.05) is 12.5 Å². The standard InChI is InChI=1S/C9H13F3O2/c1-2-8(13)14-7-5-3-4-6-9(10,11)12/h2H,1,3-7H2. The molecule has 0 aliphatic carbocycles. The summed E-state index contributed by atoms with van der Waals surface area (Å²) >= 11 is 0. The van der Waals surface area contributed by atoms with Gasteiger partial charge in [0.1, 0.15) is 0 Å². The summed E-state index contributed by atoms with van der Waals surface area (Å²) < 4.78 is 39.5. The van der Waals surface area contributed by atoms with E-state index in [0.717, 1.165) is 6.08 Å². The molecule has 0 aliphatic heterocycles. The average molecular weight is 210 g/mol. The summed E-state index contributed by atoms with van der Waals surface area (Å²) in [6, 6.07) is 0. The molecule has 0 saturated carbocycles. The van der Waals surface area contributed by atoms with Crippen LogP contribution in [-0.4, -0.2) is 18.8 Å². The molecule has 0 radical (unpaired) electrons. The second-order valence-corrected chi connectivity index (χ2v) is 2.80. The van der Waals surface area contributed by atoms with Gasteiger partial charge in [-0.05, 0) is 19.3 Å². The molecule has 2 nitrogen and oxygen atoms in total. The van der Waals surface area contributed by atoms with Crippen molar-refractivity contribution in [3.05, 3.63) is 12.7 Å². The Morgan fingerprint density at radius 1 is 1.29 bits per heavy atom. The highest BCUT2D eigenvalue weighted by molar-refractivity contribution is 5.81. The summed E-state index contributed by atoms with van der Waals surface area (Å²) in [5.74, 6) is -0.541. The van der Waals surface area contributed by atoms with Gasteiger partial charge < -0.3 is 4.74 Å². The summed E-state index contributed by atoms with van der Waals surface area (Å²) in [5, 5.41) is 0. The van der Waals surface area contributed by atoms with Crippen LogP contribution in [0.2, 0.25) is 0 Å². The van der Waals surface area contributed by atoms with Crippen molar-refractivity contribution < 1.29 is 22.7 Å². The molecule has 5 heteroatoms. The van der Waals surface area contributed by atoms with E-state index < -0.39 is 18.6 Å². The minimum absolute atomic E-state index is 0.0785. The lowest BCUT2D eigenvalue weighted by Gasteiger charge is -2.05. The van der Waals surface area contributed by atoms with Crippen molar-refractivity contribution in [3.8, 4) is 0 Å². The molecule has 0 spiro atoms. The van der Waals surface area contributed by atoms with Gasteiger partial charge in [-0.2, -0.15) is 13.2 Å². The number of hydrogen-bond donors (Lipinski definition) is 0. The van der Waals surface area contributed by atoms with Crippen molar-refractivity contribution in [2.24, 2.45) is 0 Å². The molecule has 0 aromatic rings. The van der Waals surface area contributed by atoms with Gasteiger partial charge >= 0.3 is 12.1 Å². The predicted molar refractivity (Wildman–Crippen MR) is 45.7 cm³/mol. The monoisotopic (exact) mass is 210 g/mol. The molecule has 0 heterocycles. The van der Waals surface area contributed by atoms with Gasteiger partial charge in [0.05, 0.1) is 6.61 Å². The quantitative estimate of drug-likeness (QED) is 0.383. The molecule has 0 aliphatic rings. The van der Waals surface area contributed by atoms with E-state index in [-0.39, 0.29) is 13.0 Å². The van der Waals surface area contributed by atoms with Crippen LogP contribution >= 0.6 is 0 Å². The minimum Gasteiger partial charge on any atom is -0.463 e. The van der Waals surface area contributed by atoms with E-state index >= 15 is 0 Å². The van der Waals surface area contributed by atoms with Gasteiger partial charge in [-0.15, -0.1) is 0 Å². The van der Waals surface area contributed by atoms with Gasteiger partial charge in [0.15, 0.2) is 0 Å². The van der Waals surface area contributed by atoms with Crippen LogP contribution in [0.15, 0.2) is 12.7 Å². The van der Waals surface area contributed by atoms with Crippen molar-refractivity contribution >= 4 is 5.97 Å². The number of halogens is 3. The van der Waals surface area contributed by atoms with Crippen molar-refractivity contribution in [3.63, 3.8) is 0 Å². The third-order valence-electron chi connectivity index (χ3n) is 1.52. The molecule has 0 fully saturated rings. The zero-order valence-electron chi connectivity index (χ0n) is 7.77. The number of rotatable bonds is 6. The van der Waals surface area contributed by atoms with Crippen LogP contribution < -0.4 is 0 Å². The van der Waals surface area contributed by atoms with E-state index in [1.807, 2.05) is 0 Å². The number of carbonyl (C=O) groups is 1. The largest absolute Gasteiger partial charge is 0.463 e. The highest BCUT2D eigenvalue weighted by atomic mass is 19.4. The van der Waals surface area contributed by atoms with E-state index in [4.69, 9.17) is 0 Å². The van der Waals surface area contributed by atoms with Crippen LogP contribution in [0.25, 0.3) is 0 Å². The minimum atomic E-state index is -4.09.